The Kier molecular flexibility index (Phi) is 5.29. The number of amides is 1. The first-order valence-corrected chi connectivity index (χ1v) is 8.84. The van der Waals surface area contributed by atoms with Crippen molar-refractivity contribution in [2.75, 3.05) is 27.2 Å². The van der Waals surface area contributed by atoms with Crippen LogP contribution in [-0.4, -0.2) is 44.7 Å². The molecule has 2 saturated carbocycles. The van der Waals surface area contributed by atoms with Gasteiger partial charge in [-0.05, 0) is 55.2 Å². The van der Waals surface area contributed by atoms with E-state index in [4.69, 9.17) is 15.2 Å². The number of nitrogens with zero attached hydrogens (tertiary/aromatic N) is 1. The van der Waals surface area contributed by atoms with Crippen LogP contribution in [0.2, 0.25) is 0 Å². The highest BCUT2D eigenvalue weighted by molar-refractivity contribution is 5.48. The van der Waals surface area contributed by atoms with Crippen LogP contribution in [0.3, 0.4) is 0 Å². The molecule has 5 heteroatoms. The van der Waals surface area contributed by atoms with Crippen LogP contribution in [0.25, 0.3) is 0 Å². The molecular weight excluding hydrogens is 304 g/mol. The summed E-state index contributed by atoms with van der Waals surface area (Å²) in [4.78, 5) is 12.5. The quantitative estimate of drug-likeness (QED) is 0.743. The second-order valence-corrected chi connectivity index (χ2v) is 7.22. The third-order valence-electron chi connectivity index (χ3n) is 5.58. The summed E-state index contributed by atoms with van der Waals surface area (Å²) in [6.07, 6.45) is 6.25. The highest BCUT2D eigenvalue weighted by atomic mass is 16.5. The van der Waals surface area contributed by atoms with E-state index in [0.717, 1.165) is 35.8 Å². The Balaban J connectivity index is 1.78. The van der Waals surface area contributed by atoms with Crippen LogP contribution >= 0.6 is 0 Å². The van der Waals surface area contributed by atoms with Crippen LogP contribution in [0.5, 0.6) is 11.5 Å². The number of benzene rings is 1. The zero-order valence-electron chi connectivity index (χ0n) is 14.6. The minimum atomic E-state index is 0.0912. The van der Waals surface area contributed by atoms with Crippen molar-refractivity contribution in [1.82, 2.24) is 4.90 Å². The molecule has 1 aromatic rings. The molecule has 0 aromatic heterocycles. The highest BCUT2D eigenvalue weighted by Crippen LogP contribution is 2.47. The van der Waals surface area contributed by atoms with Crippen LogP contribution in [0.1, 0.15) is 37.2 Å². The highest BCUT2D eigenvalue weighted by Gasteiger charge is 2.41. The minimum absolute atomic E-state index is 0.0912. The lowest BCUT2D eigenvalue weighted by Gasteiger charge is -2.26. The topological polar surface area (TPSA) is 64.8 Å². The van der Waals surface area contributed by atoms with Crippen LogP contribution in [-0.2, 0) is 4.79 Å². The van der Waals surface area contributed by atoms with Gasteiger partial charge in [-0.2, -0.15) is 0 Å². The molecule has 4 atom stereocenters. The van der Waals surface area contributed by atoms with Crippen molar-refractivity contribution < 1.29 is 14.3 Å². The Bertz CT molecular complexity index is 578. The Morgan fingerprint density at radius 2 is 2.17 bits per heavy atom. The van der Waals surface area contributed by atoms with Gasteiger partial charge in [-0.15, -0.1) is 0 Å². The lowest BCUT2D eigenvalue weighted by atomic mass is 9.96. The fourth-order valence-electron chi connectivity index (χ4n) is 4.24. The summed E-state index contributed by atoms with van der Waals surface area (Å²) in [5.74, 6) is 3.19. The summed E-state index contributed by atoms with van der Waals surface area (Å²) in [6.45, 7) is 1.08. The third-order valence-corrected chi connectivity index (χ3v) is 5.58. The van der Waals surface area contributed by atoms with Gasteiger partial charge in [-0.3, -0.25) is 4.79 Å². The molecule has 2 aliphatic carbocycles. The third kappa shape index (κ3) is 3.51. The predicted octanol–water partition coefficient (Wildman–Crippen LogP) is 2.39. The number of likely N-dealkylation sites (N-methyl/N-ethyl adjacent to an activating group) is 1. The van der Waals surface area contributed by atoms with Crippen LogP contribution < -0.4 is 15.2 Å². The predicted molar refractivity (Wildman–Crippen MR) is 93.3 cm³/mol. The number of rotatable bonds is 8. The average molecular weight is 332 g/mol. The zero-order chi connectivity index (χ0) is 17.1. The van der Waals surface area contributed by atoms with Crippen molar-refractivity contribution in [3.05, 3.63) is 23.8 Å². The van der Waals surface area contributed by atoms with Gasteiger partial charge in [0.2, 0.25) is 6.41 Å². The molecule has 3 rings (SSSR count). The van der Waals surface area contributed by atoms with Crippen LogP contribution in [0.15, 0.2) is 18.2 Å². The molecule has 2 bridgehead atoms. The smallest absolute Gasteiger partial charge is 0.209 e. The number of ether oxygens (including phenoxy) is 2. The van der Waals surface area contributed by atoms with Gasteiger partial charge < -0.3 is 20.1 Å². The lowest BCUT2D eigenvalue weighted by Crippen LogP contribution is -2.28. The normalized spacial score (nSPS) is 26.2. The number of fused-ring (bicyclic) bond motifs is 2. The average Bonchev–Trinajstić information content (AvgIpc) is 3.22. The molecule has 2 aliphatic rings. The number of hydrogen-bond acceptors (Lipinski definition) is 4. The summed E-state index contributed by atoms with van der Waals surface area (Å²) >= 11 is 0. The molecule has 0 saturated heterocycles. The molecule has 2 fully saturated rings. The molecule has 1 unspecified atom stereocenters. The summed E-state index contributed by atoms with van der Waals surface area (Å²) in [5.41, 5.74) is 7.01. The lowest BCUT2D eigenvalue weighted by molar-refractivity contribution is -0.117. The van der Waals surface area contributed by atoms with E-state index < -0.39 is 0 Å². The van der Waals surface area contributed by atoms with Gasteiger partial charge in [0.1, 0.15) is 6.10 Å². The maximum atomic E-state index is 10.9. The maximum absolute atomic E-state index is 10.9. The minimum Gasteiger partial charge on any atom is -0.493 e. The van der Waals surface area contributed by atoms with Crippen molar-refractivity contribution in [1.29, 1.82) is 0 Å². The van der Waals surface area contributed by atoms with Gasteiger partial charge in [0.25, 0.3) is 0 Å². The standard InChI is InChI=1S/C19H28N2O3/c1-21(12-22)11-16(10-20)14-5-6-17(23-2)19(9-14)24-18-8-13-3-4-15(18)7-13/h5-6,9,12-13,15-16,18H,3-4,7-8,10-11,20H2,1-2H3/t13-,15+,16?,18-/m0/s1. The van der Waals surface area contributed by atoms with Crippen molar-refractivity contribution in [3.63, 3.8) is 0 Å². The molecule has 1 aromatic carbocycles. The molecule has 0 radical (unpaired) electrons. The van der Waals surface area contributed by atoms with Gasteiger partial charge in [0, 0.05) is 26.1 Å². The molecule has 5 nitrogen and oxygen atoms in total. The van der Waals surface area contributed by atoms with Gasteiger partial charge >= 0.3 is 0 Å². The summed E-state index contributed by atoms with van der Waals surface area (Å²) in [5, 5.41) is 0. The van der Waals surface area contributed by atoms with Crippen molar-refractivity contribution >= 4 is 6.41 Å². The van der Waals surface area contributed by atoms with Crippen LogP contribution in [0, 0.1) is 11.8 Å². The molecule has 2 N–H and O–H groups in total. The Hall–Kier alpha value is -1.75. The monoisotopic (exact) mass is 332 g/mol. The van der Waals surface area contributed by atoms with E-state index in [1.54, 1.807) is 19.1 Å². The number of hydrogen-bond donors (Lipinski definition) is 1. The van der Waals surface area contributed by atoms with Gasteiger partial charge in [0.05, 0.1) is 7.11 Å². The molecular formula is C19H28N2O3. The molecule has 24 heavy (non-hydrogen) atoms. The second kappa shape index (κ2) is 7.43. The SMILES string of the molecule is COc1ccc(C(CN)CN(C)C=O)cc1O[C@H]1C[C@H]2CC[C@@H]1C2. The van der Waals surface area contributed by atoms with E-state index in [1.807, 2.05) is 18.2 Å². The first kappa shape index (κ1) is 17.1. The number of methoxy groups -OCH3 is 1. The van der Waals surface area contributed by atoms with Crippen LogP contribution in [0.4, 0.5) is 0 Å². The van der Waals surface area contributed by atoms with Gasteiger partial charge in [0.15, 0.2) is 11.5 Å². The van der Waals surface area contributed by atoms with Gasteiger partial charge in [-0.25, -0.2) is 0 Å². The Labute approximate surface area is 144 Å². The van der Waals surface area contributed by atoms with Crippen molar-refractivity contribution in [2.24, 2.45) is 17.6 Å². The van der Waals surface area contributed by atoms with E-state index in [2.05, 4.69) is 0 Å². The fourth-order valence-corrected chi connectivity index (χ4v) is 4.24. The molecule has 0 heterocycles. The molecule has 132 valence electrons. The van der Waals surface area contributed by atoms with E-state index in [1.165, 1.54) is 19.3 Å². The van der Waals surface area contributed by atoms with E-state index in [9.17, 15) is 4.79 Å². The first-order valence-electron chi connectivity index (χ1n) is 8.84. The first-order chi connectivity index (χ1) is 11.6. The number of carbonyl (C=O) groups excluding carboxylic acids is 1. The number of carbonyl (C=O) groups is 1. The summed E-state index contributed by atoms with van der Waals surface area (Å²) < 4.78 is 11.8. The molecule has 0 spiro atoms. The molecule has 1 amide bonds. The van der Waals surface area contributed by atoms with E-state index in [0.29, 0.717) is 25.1 Å². The second-order valence-electron chi connectivity index (χ2n) is 7.22. The fraction of sp³-hybridized carbons (Fsp3) is 0.632. The Morgan fingerprint density at radius 1 is 1.33 bits per heavy atom. The number of nitrogens with two attached hydrogens (primary N) is 1. The van der Waals surface area contributed by atoms with Crippen molar-refractivity contribution in [2.45, 2.75) is 37.7 Å². The maximum Gasteiger partial charge on any atom is 0.209 e. The van der Waals surface area contributed by atoms with Crippen molar-refractivity contribution in [3.8, 4) is 11.5 Å². The Morgan fingerprint density at radius 3 is 2.75 bits per heavy atom. The largest absolute Gasteiger partial charge is 0.493 e. The summed E-state index contributed by atoms with van der Waals surface area (Å²) in [7, 11) is 3.44. The van der Waals surface area contributed by atoms with E-state index in [-0.39, 0.29) is 5.92 Å². The summed E-state index contributed by atoms with van der Waals surface area (Å²) in [6, 6.07) is 6.01. The van der Waals surface area contributed by atoms with Gasteiger partial charge in [-0.1, -0.05) is 6.07 Å². The molecule has 0 aliphatic heterocycles. The van der Waals surface area contributed by atoms with E-state index >= 15 is 0 Å². The zero-order valence-corrected chi connectivity index (χ0v) is 14.6.